The minimum Gasteiger partial charge on any atom is -0.497 e. The lowest BCUT2D eigenvalue weighted by atomic mass is 9.80. The monoisotopic (exact) mass is 868 g/mol. The summed E-state index contributed by atoms with van der Waals surface area (Å²) >= 11 is 8.46. The van der Waals surface area contributed by atoms with Gasteiger partial charge in [0.15, 0.2) is 11.6 Å². The predicted octanol–water partition coefficient (Wildman–Crippen LogP) is 8.81. The third-order valence-electron chi connectivity index (χ3n) is 6.52. The van der Waals surface area contributed by atoms with Crippen molar-refractivity contribution >= 4 is 93.8 Å². The van der Waals surface area contributed by atoms with Gasteiger partial charge in [0.05, 0.1) is 14.2 Å². The molecule has 0 radical (unpaired) electrons. The fourth-order valence-electron chi connectivity index (χ4n) is 3.96. The van der Waals surface area contributed by atoms with Crippen LogP contribution in [0.1, 0.15) is 20.7 Å². The molecule has 0 bridgehead atoms. The Hall–Kier alpha value is -2.73. The summed E-state index contributed by atoms with van der Waals surface area (Å²) < 4.78 is 39.8. The number of carbonyl (C=O) groups excluding carboxylic acids is 2. The van der Waals surface area contributed by atoms with Gasteiger partial charge in [0, 0.05) is 46.3 Å². The fourth-order valence-corrected chi connectivity index (χ4v) is 6.74. The smallest absolute Gasteiger partial charge is 0.491 e. The van der Waals surface area contributed by atoms with Crippen LogP contribution in [0.5, 0.6) is 11.5 Å². The topological polar surface area (TPSA) is 93.1 Å². The zero-order valence-electron chi connectivity index (χ0n) is 28.1. The van der Waals surface area contributed by atoms with E-state index in [9.17, 15) is 18.4 Å². The lowest BCUT2D eigenvalue weighted by Gasteiger charge is -2.08. The first-order chi connectivity index (χ1) is 23.9. The predicted molar refractivity (Wildman–Crippen MR) is 219 cm³/mol. The zero-order chi connectivity index (χ0) is 37.2. The van der Waals surface area contributed by atoms with Crippen molar-refractivity contribution in [2.75, 3.05) is 39.2 Å². The van der Waals surface area contributed by atoms with Gasteiger partial charge in [0.1, 0.15) is 23.1 Å². The van der Waals surface area contributed by atoms with E-state index in [1.165, 1.54) is 55.9 Å². The molecule has 4 aromatic rings. The number of ether oxygens (including phenoxy) is 2. The van der Waals surface area contributed by atoms with Crippen molar-refractivity contribution in [1.29, 1.82) is 0 Å². The van der Waals surface area contributed by atoms with E-state index in [0.717, 1.165) is 23.7 Å². The van der Waals surface area contributed by atoms with E-state index in [1.54, 1.807) is 72.1 Å². The van der Waals surface area contributed by atoms with Gasteiger partial charge in [-0.05, 0) is 108 Å². The highest BCUT2D eigenvalue weighted by Gasteiger charge is 2.17. The minimum atomic E-state index is -1.81. The first-order valence-electron chi connectivity index (χ1n) is 14.5. The average Bonchev–Trinajstić information content (AvgIpc) is 3.13. The average molecular weight is 869 g/mol. The van der Waals surface area contributed by atoms with Crippen molar-refractivity contribution in [3.63, 3.8) is 0 Å². The Balaban J connectivity index is 0.000000278. The highest BCUT2D eigenvalue weighted by atomic mass is 127. The van der Waals surface area contributed by atoms with E-state index in [2.05, 4.69) is 22.6 Å². The van der Waals surface area contributed by atoms with Gasteiger partial charge in [0.2, 0.25) is 0 Å². The first-order valence-corrected chi connectivity index (χ1v) is 20.5. The van der Waals surface area contributed by atoms with Gasteiger partial charge in [-0.3, -0.25) is 9.59 Å². The molecule has 0 fully saturated rings. The maximum absolute atomic E-state index is 14.1. The highest BCUT2D eigenvalue weighted by molar-refractivity contribution is 14.1. The summed E-state index contributed by atoms with van der Waals surface area (Å²) in [6.07, 6.45) is 11.1. The van der Waals surface area contributed by atoms with Crippen molar-refractivity contribution in [3.05, 3.63) is 132 Å². The molecule has 0 aromatic heterocycles. The minimum absolute atomic E-state index is 0.0761. The maximum atomic E-state index is 14.1. The molecule has 0 aliphatic carbocycles. The number of halogens is 3. The van der Waals surface area contributed by atoms with Crippen LogP contribution in [0.3, 0.4) is 0 Å². The Morgan fingerprint density at radius 2 is 1.16 bits per heavy atom. The normalized spacial score (nSPS) is 9.98. The number of ketones is 2. The number of benzene rings is 4. The van der Waals surface area contributed by atoms with Crippen molar-refractivity contribution in [1.82, 2.24) is 0 Å². The van der Waals surface area contributed by atoms with Crippen LogP contribution >= 0.6 is 69.6 Å². The molecule has 6 nitrogen and oxygen atoms in total. The Bertz CT molecular complexity index is 1790. The molecule has 0 atom stereocenters. The third-order valence-corrected chi connectivity index (χ3v) is 11.3. The molecule has 0 aliphatic heterocycles. The van der Waals surface area contributed by atoms with Crippen LogP contribution in [-0.4, -0.2) is 68.0 Å². The van der Waals surface area contributed by atoms with Gasteiger partial charge in [-0.25, -0.2) is 8.78 Å². The summed E-state index contributed by atoms with van der Waals surface area (Å²) in [4.78, 5) is 24.2. The van der Waals surface area contributed by atoms with Gasteiger partial charge in [-0.15, -0.1) is 47.0 Å². The van der Waals surface area contributed by atoms with Crippen LogP contribution < -0.4 is 14.9 Å². The van der Waals surface area contributed by atoms with E-state index in [4.69, 9.17) is 19.5 Å². The molecule has 4 rings (SSSR count). The molecular formula is C36H36BF2IO6S4. The fraction of sp³-hybridized carbons (Fsp3) is 0.167. The summed E-state index contributed by atoms with van der Waals surface area (Å²) in [5, 5.41) is 17.4. The molecule has 4 aromatic carbocycles. The highest BCUT2D eigenvalue weighted by Crippen LogP contribution is 2.29. The van der Waals surface area contributed by atoms with Crippen molar-refractivity contribution in [3.8, 4) is 22.6 Å². The van der Waals surface area contributed by atoms with Crippen molar-refractivity contribution in [2.45, 2.75) is 0 Å². The lowest BCUT2D eigenvalue weighted by Crippen LogP contribution is -2.32. The largest absolute Gasteiger partial charge is 0.497 e. The standard InChI is InChI=1S/C18H17FO2S2.C11H11IOS2.C7H8BFO3/c1-21-14-7-8-16(19)15(10-14)12-5-4-6-13(9-12)17(20)11-18(22-2)23-3;1-14-11(15-2)7-10(13)8-4-3-5-9(12)6-8;1-12-5-2-3-7(9)6(4-5)8(10)11/h4-11H,1-3H3;3-7H,1-2H3;2-4,10-11H,1H3. The maximum Gasteiger partial charge on any atom is 0.491 e. The van der Waals surface area contributed by atoms with Crippen LogP contribution in [0, 0.1) is 15.2 Å². The number of rotatable bonds is 12. The second-order valence-electron chi connectivity index (χ2n) is 9.67. The number of hydrogen-bond acceptors (Lipinski definition) is 10. The molecule has 2 N–H and O–H groups in total. The third kappa shape index (κ3) is 14.1. The summed E-state index contributed by atoms with van der Waals surface area (Å²) in [6, 6.07) is 22.9. The second kappa shape index (κ2) is 23.0. The molecule has 0 amide bonds. The molecule has 0 saturated carbocycles. The lowest BCUT2D eigenvalue weighted by molar-refractivity contribution is 0.103. The van der Waals surface area contributed by atoms with Crippen LogP contribution in [0.4, 0.5) is 8.78 Å². The van der Waals surface area contributed by atoms with Crippen LogP contribution in [0.15, 0.2) is 106 Å². The van der Waals surface area contributed by atoms with Gasteiger partial charge in [0.25, 0.3) is 0 Å². The summed E-state index contributed by atoms with van der Waals surface area (Å²) in [5.41, 5.74) is 2.16. The van der Waals surface area contributed by atoms with E-state index in [1.807, 2.05) is 49.3 Å². The molecule has 14 heteroatoms. The van der Waals surface area contributed by atoms with Gasteiger partial charge >= 0.3 is 7.12 Å². The van der Waals surface area contributed by atoms with Gasteiger partial charge in [-0.1, -0.05) is 30.3 Å². The quantitative estimate of drug-likeness (QED) is 0.0624. The van der Waals surface area contributed by atoms with E-state index in [-0.39, 0.29) is 22.8 Å². The number of thioether (sulfide) groups is 4. The van der Waals surface area contributed by atoms with Crippen LogP contribution in [0.2, 0.25) is 0 Å². The van der Waals surface area contributed by atoms with Crippen LogP contribution in [-0.2, 0) is 0 Å². The van der Waals surface area contributed by atoms with Crippen molar-refractivity contribution < 1.29 is 37.9 Å². The second-order valence-corrected chi connectivity index (χ2v) is 14.8. The molecule has 0 heterocycles. The first kappa shape index (κ1) is 43.4. The summed E-state index contributed by atoms with van der Waals surface area (Å²) in [6.45, 7) is 0. The SMILES string of the molecule is COc1ccc(F)c(-c2cccc(C(=O)C=C(SC)SC)c2)c1.COc1ccc(F)c(B(O)O)c1.CSC(=CC(=O)c1cccc(I)c1)SC. The number of hydrogen-bond donors (Lipinski definition) is 2. The summed E-state index contributed by atoms with van der Waals surface area (Å²) in [7, 11) is 1.15. The number of carbonyl (C=O) groups is 2. The van der Waals surface area contributed by atoms with Gasteiger partial charge in [-0.2, -0.15) is 0 Å². The zero-order valence-corrected chi connectivity index (χ0v) is 33.5. The van der Waals surface area contributed by atoms with E-state index < -0.39 is 12.9 Å². The Kier molecular flexibility index (Phi) is 19.9. The molecule has 0 unspecified atom stereocenters. The van der Waals surface area contributed by atoms with Gasteiger partial charge < -0.3 is 19.5 Å². The van der Waals surface area contributed by atoms with E-state index >= 15 is 0 Å². The molecule has 0 aliphatic rings. The molecule has 0 spiro atoms. The molecule has 264 valence electrons. The molecule has 0 saturated heterocycles. The molecule has 50 heavy (non-hydrogen) atoms. The van der Waals surface area contributed by atoms with E-state index in [0.29, 0.717) is 28.2 Å². The Morgan fingerprint density at radius 3 is 1.64 bits per heavy atom. The van der Waals surface area contributed by atoms with Crippen LogP contribution in [0.25, 0.3) is 11.1 Å². The van der Waals surface area contributed by atoms with Crippen molar-refractivity contribution in [2.24, 2.45) is 0 Å². The molecular weight excluding hydrogens is 832 g/mol. The Morgan fingerprint density at radius 1 is 0.680 bits per heavy atom. The summed E-state index contributed by atoms with van der Waals surface area (Å²) in [5.74, 6) is -0.0590. The Labute approximate surface area is 323 Å². The number of methoxy groups -OCH3 is 2. The number of allylic oxidation sites excluding steroid dienone is 2.